The lowest BCUT2D eigenvalue weighted by atomic mass is 9.90. The summed E-state index contributed by atoms with van der Waals surface area (Å²) >= 11 is 5.78. The normalized spacial score (nSPS) is 15.0. The molecule has 0 saturated heterocycles. The predicted octanol–water partition coefficient (Wildman–Crippen LogP) is 2.42. The summed E-state index contributed by atoms with van der Waals surface area (Å²) in [6.07, 6.45) is 4.02. The van der Waals surface area contributed by atoms with Crippen molar-refractivity contribution in [3.8, 4) is 0 Å². The van der Waals surface area contributed by atoms with Gasteiger partial charge in [0.15, 0.2) is 0 Å². The highest BCUT2D eigenvalue weighted by atomic mass is 35.5. The Balaban J connectivity index is 2.41. The van der Waals surface area contributed by atoms with Crippen molar-refractivity contribution in [2.75, 3.05) is 5.88 Å². The van der Waals surface area contributed by atoms with Crippen LogP contribution in [0.25, 0.3) is 11.1 Å². The molecule has 0 amide bonds. The monoisotopic (exact) mass is 266 g/mol. The summed E-state index contributed by atoms with van der Waals surface area (Å²) in [4.78, 5) is 12.4. The molecule has 4 nitrogen and oxygen atoms in total. The van der Waals surface area contributed by atoms with Crippen LogP contribution in [0.4, 0.5) is 0 Å². The minimum Gasteiger partial charge on any atom is -0.337 e. The molecule has 0 bridgehead atoms. The largest absolute Gasteiger partial charge is 0.337 e. The standard InChI is InChI=1S/C13H15ClN2O2/c1-8-11-9-4-2-3-5-10(9)12(17)16(7-6-14)13(11)18-15-8/h2-7H2,1H3. The molecule has 0 unspecified atom stereocenters. The predicted molar refractivity (Wildman–Crippen MR) is 70.4 cm³/mol. The highest BCUT2D eigenvalue weighted by Gasteiger charge is 2.23. The number of pyridine rings is 1. The minimum absolute atomic E-state index is 0.0500. The van der Waals surface area contributed by atoms with Gasteiger partial charge < -0.3 is 4.52 Å². The van der Waals surface area contributed by atoms with Gasteiger partial charge in [0.2, 0.25) is 5.71 Å². The summed E-state index contributed by atoms with van der Waals surface area (Å²) in [6.45, 7) is 2.40. The average Bonchev–Trinajstić information content (AvgIpc) is 2.77. The molecule has 18 heavy (non-hydrogen) atoms. The first-order valence-electron chi connectivity index (χ1n) is 6.30. The van der Waals surface area contributed by atoms with E-state index in [0.717, 1.165) is 47.9 Å². The van der Waals surface area contributed by atoms with Gasteiger partial charge in [-0.25, -0.2) is 0 Å². The lowest BCUT2D eigenvalue weighted by Gasteiger charge is -2.17. The number of alkyl halides is 1. The van der Waals surface area contributed by atoms with Gasteiger partial charge in [0.1, 0.15) is 0 Å². The van der Waals surface area contributed by atoms with Gasteiger partial charge >= 0.3 is 0 Å². The van der Waals surface area contributed by atoms with Crippen LogP contribution < -0.4 is 5.56 Å². The van der Waals surface area contributed by atoms with Gasteiger partial charge in [0.05, 0.1) is 11.1 Å². The van der Waals surface area contributed by atoms with Gasteiger partial charge in [-0.3, -0.25) is 9.36 Å². The Morgan fingerprint density at radius 3 is 2.78 bits per heavy atom. The van der Waals surface area contributed by atoms with Crippen LogP contribution in [-0.2, 0) is 19.4 Å². The van der Waals surface area contributed by atoms with E-state index in [0.29, 0.717) is 18.1 Å². The Labute approximate surface area is 110 Å². The third-order valence-electron chi connectivity index (χ3n) is 3.67. The molecule has 1 aliphatic carbocycles. The molecular formula is C13H15ClN2O2. The van der Waals surface area contributed by atoms with Crippen LogP contribution >= 0.6 is 11.6 Å². The van der Waals surface area contributed by atoms with Crippen molar-refractivity contribution in [2.45, 2.75) is 39.2 Å². The van der Waals surface area contributed by atoms with Gasteiger partial charge in [0, 0.05) is 18.0 Å². The molecule has 2 aromatic heterocycles. The Morgan fingerprint density at radius 2 is 2.06 bits per heavy atom. The fourth-order valence-electron chi connectivity index (χ4n) is 2.85. The lowest BCUT2D eigenvalue weighted by molar-refractivity contribution is 0.426. The van der Waals surface area contributed by atoms with Gasteiger partial charge in [-0.05, 0) is 38.2 Å². The third-order valence-corrected chi connectivity index (χ3v) is 3.84. The van der Waals surface area contributed by atoms with Crippen LogP contribution in [0.2, 0.25) is 0 Å². The summed E-state index contributed by atoms with van der Waals surface area (Å²) < 4.78 is 6.97. The van der Waals surface area contributed by atoms with Crippen LogP contribution in [0.15, 0.2) is 9.32 Å². The molecule has 1 aliphatic rings. The maximum Gasteiger partial charge on any atom is 0.256 e. The zero-order valence-corrected chi connectivity index (χ0v) is 11.1. The van der Waals surface area contributed by atoms with Crippen molar-refractivity contribution in [3.05, 3.63) is 27.2 Å². The SMILES string of the molecule is Cc1noc2c1c1c(c(=O)n2CCCl)CCCC1. The topological polar surface area (TPSA) is 48.0 Å². The van der Waals surface area contributed by atoms with E-state index >= 15 is 0 Å². The van der Waals surface area contributed by atoms with Gasteiger partial charge in [-0.15, -0.1) is 11.6 Å². The highest BCUT2D eigenvalue weighted by Crippen LogP contribution is 2.28. The minimum atomic E-state index is 0.0500. The number of fused-ring (bicyclic) bond motifs is 3. The van der Waals surface area contributed by atoms with Crippen LogP contribution in [0.1, 0.15) is 29.7 Å². The second kappa shape index (κ2) is 4.43. The van der Waals surface area contributed by atoms with Crippen LogP contribution in [0.3, 0.4) is 0 Å². The molecule has 0 atom stereocenters. The Kier molecular flexibility index (Phi) is 2.90. The smallest absolute Gasteiger partial charge is 0.256 e. The number of hydrogen-bond acceptors (Lipinski definition) is 3. The Bertz CT molecular complexity index is 657. The number of nitrogens with zero attached hydrogens (tertiary/aromatic N) is 2. The highest BCUT2D eigenvalue weighted by molar-refractivity contribution is 6.17. The third kappa shape index (κ3) is 1.59. The zero-order chi connectivity index (χ0) is 12.7. The molecule has 3 rings (SSSR count). The van der Waals surface area contributed by atoms with Crippen molar-refractivity contribution in [3.63, 3.8) is 0 Å². The molecule has 0 spiro atoms. The van der Waals surface area contributed by atoms with E-state index < -0.39 is 0 Å². The van der Waals surface area contributed by atoms with Crippen LogP contribution in [0, 0.1) is 6.92 Å². The van der Waals surface area contributed by atoms with E-state index in [2.05, 4.69) is 5.16 Å². The number of hydrogen-bond donors (Lipinski definition) is 0. The van der Waals surface area contributed by atoms with E-state index in [-0.39, 0.29) is 5.56 Å². The summed E-state index contributed by atoms with van der Waals surface area (Å²) in [5.74, 6) is 0.396. The van der Waals surface area contributed by atoms with Crippen molar-refractivity contribution >= 4 is 22.7 Å². The molecular weight excluding hydrogens is 252 g/mol. The van der Waals surface area contributed by atoms with Gasteiger partial charge in [-0.2, -0.15) is 0 Å². The number of rotatable bonds is 2. The first-order valence-corrected chi connectivity index (χ1v) is 6.84. The van der Waals surface area contributed by atoms with E-state index in [1.165, 1.54) is 0 Å². The van der Waals surface area contributed by atoms with E-state index in [1.54, 1.807) is 4.57 Å². The van der Waals surface area contributed by atoms with Crippen molar-refractivity contribution in [1.29, 1.82) is 0 Å². The van der Waals surface area contributed by atoms with Crippen molar-refractivity contribution in [1.82, 2.24) is 9.72 Å². The van der Waals surface area contributed by atoms with Crippen LogP contribution in [-0.4, -0.2) is 15.6 Å². The number of aromatic nitrogens is 2. The second-order valence-corrected chi connectivity index (χ2v) is 5.14. The lowest BCUT2D eigenvalue weighted by Crippen LogP contribution is -2.28. The number of halogens is 1. The summed E-state index contributed by atoms with van der Waals surface area (Å²) in [5.41, 5.74) is 3.58. The fraction of sp³-hybridized carbons (Fsp3) is 0.538. The second-order valence-electron chi connectivity index (χ2n) is 4.76. The van der Waals surface area contributed by atoms with Gasteiger partial charge in [0.25, 0.3) is 5.56 Å². The molecule has 0 aliphatic heterocycles. The first-order chi connectivity index (χ1) is 8.74. The molecule has 2 heterocycles. The Hall–Kier alpha value is -1.29. The summed E-state index contributed by atoms with van der Waals surface area (Å²) in [7, 11) is 0. The maximum atomic E-state index is 12.4. The summed E-state index contributed by atoms with van der Waals surface area (Å²) in [6, 6.07) is 0. The van der Waals surface area contributed by atoms with Gasteiger partial charge in [-0.1, -0.05) is 5.16 Å². The number of aryl methyl sites for hydroxylation is 3. The maximum absolute atomic E-state index is 12.4. The molecule has 5 heteroatoms. The van der Waals surface area contributed by atoms with E-state index in [9.17, 15) is 4.79 Å². The fourth-order valence-corrected chi connectivity index (χ4v) is 3.02. The first kappa shape index (κ1) is 11.8. The quantitative estimate of drug-likeness (QED) is 0.785. The van der Waals surface area contributed by atoms with Crippen molar-refractivity contribution in [2.24, 2.45) is 0 Å². The van der Waals surface area contributed by atoms with E-state index in [1.807, 2.05) is 6.92 Å². The van der Waals surface area contributed by atoms with Crippen molar-refractivity contribution < 1.29 is 4.52 Å². The molecule has 2 aromatic rings. The summed E-state index contributed by atoms with van der Waals surface area (Å²) in [5, 5.41) is 5.03. The molecule has 0 aromatic carbocycles. The van der Waals surface area contributed by atoms with E-state index in [4.69, 9.17) is 16.1 Å². The van der Waals surface area contributed by atoms with Crippen LogP contribution in [0.5, 0.6) is 0 Å². The Morgan fingerprint density at radius 1 is 1.33 bits per heavy atom. The molecule has 0 fully saturated rings. The average molecular weight is 267 g/mol. The molecule has 0 N–H and O–H groups in total. The zero-order valence-electron chi connectivity index (χ0n) is 10.3. The molecule has 0 saturated carbocycles. The molecule has 0 radical (unpaired) electrons. The molecule has 96 valence electrons.